The van der Waals surface area contributed by atoms with Crippen molar-refractivity contribution in [2.75, 3.05) is 13.6 Å². The Morgan fingerprint density at radius 1 is 1.09 bits per heavy atom. The number of rotatable bonds is 10. The highest BCUT2D eigenvalue weighted by Crippen LogP contribution is 2.15. The summed E-state index contributed by atoms with van der Waals surface area (Å²) in [5.41, 5.74) is 2.61. The zero-order valence-corrected chi connectivity index (χ0v) is 18.8. The van der Waals surface area contributed by atoms with Crippen LogP contribution in [0.1, 0.15) is 46.5 Å². The van der Waals surface area contributed by atoms with Crippen molar-refractivity contribution in [1.29, 1.82) is 0 Å². The molecule has 1 heterocycles. The zero-order valence-electron chi connectivity index (χ0n) is 18.8. The van der Waals surface area contributed by atoms with Crippen LogP contribution in [0.4, 0.5) is 8.78 Å². The molecule has 0 aliphatic heterocycles. The molecule has 2 N–H and O–H groups in total. The lowest BCUT2D eigenvalue weighted by atomic mass is 10.0. The molecule has 5 nitrogen and oxygen atoms in total. The van der Waals surface area contributed by atoms with Gasteiger partial charge in [-0.25, -0.2) is 9.37 Å². The summed E-state index contributed by atoms with van der Waals surface area (Å²) in [6.45, 7) is 2.56. The Hall–Kier alpha value is -3.16. The number of hydrogen-bond acceptors (Lipinski definition) is 4. The highest BCUT2D eigenvalue weighted by Gasteiger charge is 2.16. The van der Waals surface area contributed by atoms with E-state index in [-0.39, 0.29) is 24.3 Å². The van der Waals surface area contributed by atoms with Crippen molar-refractivity contribution in [2.24, 2.45) is 0 Å². The summed E-state index contributed by atoms with van der Waals surface area (Å²) in [7, 11) is 1.63. The van der Waals surface area contributed by atoms with Crippen LogP contribution in [0, 0.1) is 11.8 Å². The second-order valence-electron chi connectivity index (χ2n) is 8.10. The standard InChI is InChI=1S/C26H29F2N3O2/c1-3-23(30-16-24(32)19-10-12-22(27)13-11-19)15-18-6-8-20(9-7-18)26(33)31(2)17-21-5-4-14-29-25(21)28/h4-14,23-24,30,32H,3,15-17H2,1-2H3. The molecule has 0 spiro atoms. The molecule has 2 atom stereocenters. The van der Waals surface area contributed by atoms with Crippen molar-refractivity contribution in [2.45, 2.75) is 38.5 Å². The number of carbonyl (C=O) groups excluding carboxylic acids is 1. The van der Waals surface area contributed by atoms with Gasteiger partial charge >= 0.3 is 0 Å². The Morgan fingerprint density at radius 2 is 1.79 bits per heavy atom. The Morgan fingerprint density at radius 3 is 2.42 bits per heavy atom. The van der Waals surface area contributed by atoms with Gasteiger partial charge in [0.2, 0.25) is 5.95 Å². The van der Waals surface area contributed by atoms with Crippen LogP contribution in [0.2, 0.25) is 0 Å². The third-order valence-corrected chi connectivity index (χ3v) is 5.62. The predicted molar refractivity (Wildman–Crippen MR) is 124 cm³/mol. The first-order valence-corrected chi connectivity index (χ1v) is 11.0. The van der Waals surface area contributed by atoms with Gasteiger partial charge in [-0.3, -0.25) is 4.79 Å². The van der Waals surface area contributed by atoms with Crippen LogP contribution in [-0.2, 0) is 13.0 Å². The van der Waals surface area contributed by atoms with E-state index in [2.05, 4.69) is 17.2 Å². The summed E-state index contributed by atoms with van der Waals surface area (Å²) in [6.07, 6.45) is 2.25. The third kappa shape index (κ3) is 6.91. The summed E-state index contributed by atoms with van der Waals surface area (Å²) >= 11 is 0. The molecule has 7 heteroatoms. The second kappa shape index (κ2) is 11.6. The number of nitrogens with zero attached hydrogens (tertiary/aromatic N) is 2. The van der Waals surface area contributed by atoms with E-state index in [0.717, 1.165) is 18.4 Å². The molecular weight excluding hydrogens is 424 g/mol. The average molecular weight is 454 g/mol. The van der Waals surface area contributed by atoms with Gasteiger partial charge in [0.05, 0.1) is 12.6 Å². The van der Waals surface area contributed by atoms with E-state index in [1.54, 1.807) is 43.4 Å². The van der Waals surface area contributed by atoms with Crippen LogP contribution in [0.3, 0.4) is 0 Å². The summed E-state index contributed by atoms with van der Waals surface area (Å²) in [6, 6.07) is 16.6. The van der Waals surface area contributed by atoms with Gasteiger partial charge in [-0.05, 0) is 54.3 Å². The smallest absolute Gasteiger partial charge is 0.253 e. The number of hydrogen-bond donors (Lipinski definition) is 2. The Labute approximate surface area is 193 Å². The van der Waals surface area contributed by atoms with Crippen molar-refractivity contribution in [1.82, 2.24) is 15.2 Å². The molecular formula is C26H29F2N3O2. The quantitative estimate of drug-likeness (QED) is 0.450. The summed E-state index contributed by atoms with van der Waals surface area (Å²) in [5.74, 6) is -1.10. The molecule has 0 fully saturated rings. The van der Waals surface area contributed by atoms with Gasteiger partial charge in [0.25, 0.3) is 5.91 Å². The number of nitrogens with one attached hydrogen (secondary N) is 1. The van der Waals surface area contributed by atoms with E-state index in [9.17, 15) is 18.7 Å². The van der Waals surface area contributed by atoms with Crippen LogP contribution in [0.15, 0.2) is 66.9 Å². The van der Waals surface area contributed by atoms with E-state index in [0.29, 0.717) is 23.2 Å². The van der Waals surface area contributed by atoms with Gasteiger partial charge in [-0.15, -0.1) is 0 Å². The fraction of sp³-hybridized carbons (Fsp3) is 0.308. The lowest BCUT2D eigenvalue weighted by molar-refractivity contribution is 0.0783. The molecule has 2 unspecified atom stereocenters. The molecule has 1 aromatic heterocycles. The number of aliphatic hydroxyl groups is 1. The van der Waals surface area contributed by atoms with E-state index in [4.69, 9.17) is 0 Å². The van der Waals surface area contributed by atoms with Gasteiger partial charge in [0.15, 0.2) is 0 Å². The van der Waals surface area contributed by atoms with Gasteiger partial charge in [0.1, 0.15) is 5.82 Å². The van der Waals surface area contributed by atoms with Crippen LogP contribution in [0.25, 0.3) is 0 Å². The summed E-state index contributed by atoms with van der Waals surface area (Å²) < 4.78 is 26.8. The molecule has 0 saturated heterocycles. The minimum absolute atomic E-state index is 0.137. The molecule has 1 amide bonds. The van der Waals surface area contributed by atoms with E-state index >= 15 is 0 Å². The van der Waals surface area contributed by atoms with Crippen LogP contribution < -0.4 is 5.32 Å². The maximum atomic E-state index is 13.8. The Bertz CT molecular complexity index is 1040. The Kier molecular flexibility index (Phi) is 8.63. The largest absolute Gasteiger partial charge is 0.387 e. The fourth-order valence-electron chi connectivity index (χ4n) is 3.59. The first kappa shape index (κ1) is 24.5. The first-order chi connectivity index (χ1) is 15.9. The minimum Gasteiger partial charge on any atom is -0.387 e. The number of aromatic nitrogens is 1. The van der Waals surface area contributed by atoms with Crippen molar-refractivity contribution in [3.8, 4) is 0 Å². The highest BCUT2D eigenvalue weighted by molar-refractivity contribution is 5.94. The van der Waals surface area contributed by atoms with Crippen molar-refractivity contribution in [3.63, 3.8) is 0 Å². The molecule has 33 heavy (non-hydrogen) atoms. The van der Waals surface area contributed by atoms with Gasteiger partial charge in [-0.2, -0.15) is 4.39 Å². The maximum absolute atomic E-state index is 13.8. The molecule has 2 aromatic carbocycles. The van der Waals surface area contributed by atoms with Crippen LogP contribution in [-0.4, -0.2) is 40.5 Å². The maximum Gasteiger partial charge on any atom is 0.253 e. The topological polar surface area (TPSA) is 65.5 Å². The predicted octanol–water partition coefficient (Wildman–Crippen LogP) is 4.28. The van der Waals surface area contributed by atoms with E-state index in [1.807, 2.05) is 12.1 Å². The van der Waals surface area contributed by atoms with Crippen molar-refractivity contribution >= 4 is 5.91 Å². The number of aliphatic hydroxyl groups excluding tert-OH is 1. The normalized spacial score (nSPS) is 12.9. The minimum atomic E-state index is -0.722. The molecule has 0 bridgehead atoms. The molecule has 0 aliphatic rings. The van der Waals surface area contributed by atoms with Crippen LogP contribution in [0.5, 0.6) is 0 Å². The van der Waals surface area contributed by atoms with Crippen molar-refractivity contribution < 1.29 is 18.7 Å². The van der Waals surface area contributed by atoms with Gasteiger partial charge < -0.3 is 15.3 Å². The number of halogens is 2. The Balaban J connectivity index is 1.54. The first-order valence-electron chi connectivity index (χ1n) is 11.0. The van der Waals surface area contributed by atoms with E-state index < -0.39 is 12.1 Å². The highest BCUT2D eigenvalue weighted by atomic mass is 19.1. The van der Waals surface area contributed by atoms with E-state index in [1.165, 1.54) is 23.2 Å². The summed E-state index contributed by atoms with van der Waals surface area (Å²) in [4.78, 5) is 17.8. The fourth-order valence-corrected chi connectivity index (χ4v) is 3.59. The lowest BCUT2D eigenvalue weighted by Crippen LogP contribution is -2.34. The van der Waals surface area contributed by atoms with Crippen molar-refractivity contribution in [3.05, 3.63) is 101 Å². The average Bonchev–Trinajstić information content (AvgIpc) is 2.83. The number of pyridine rings is 1. The number of carbonyl (C=O) groups is 1. The number of benzene rings is 2. The lowest BCUT2D eigenvalue weighted by Gasteiger charge is -2.20. The monoisotopic (exact) mass is 453 g/mol. The third-order valence-electron chi connectivity index (χ3n) is 5.62. The molecule has 174 valence electrons. The second-order valence-corrected chi connectivity index (χ2v) is 8.10. The number of amides is 1. The molecule has 3 aromatic rings. The van der Waals surface area contributed by atoms with Crippen LogP contribution >= 0.6 is 0 Å². The molecule has 3 rings (SSSR count). The SMILES string of the molecule is CCC(Cc1ccc(C(=O)N(C)Cc2cccnc2F)cc1)NCC(O)c1ccc(F)cc1. The zero-order chi connectivity index (χ0) is 23.8. The van der Waals surface area contributed by atoms with Gasteiger partial charge in [0, 0.05) is 37.0 Å². The molecule has 0 radical (unpaired) electrons. The molecule has 0 saturated carbocycles. The molecule has 0 aliphatic carbocycles. The van der Waals surface area contributed by atoms with Gasteiger partial charge in [-0.1, -0.05) is 37.3 Å². The summed E-state index contributed by atoms with van der Waals surface area (Å²) in [5, 5.41) is 13.7.